The Bertz CT molecular complexity index is 3650. The third-order valence-electron chi connectivity index (χ3n) is 16.6. The molecule has 8 atom stereocenters. The molecule has 0 saturated heterocycles. The molecule has 0 radical (unpaired) electrons. The van der Waals surface area contributed by atoms with Crippen molar-refractivity contribution in [3.63, 3.8) is 0 Å². The minimum Gasteiger partial charge on any atom is -0.394 e. The Balaban J connectivity index is 0.000000162. The summed E-state index contributed by atoms with van der Waals surface area (Å²) in [5, 5.41) is 27.8. The van der Waals surface area contributed by atoms with E-state index in [1.165, 1.54) is 44.9 Å². The van der Waals surface area contributed by atoms with Gasteiger partial charge in [0.15, 0.2) is 17.1 Å². The predicted octanol–water partition coefficient (Wildman–Crippen LogP) is 14.3. The van der Waals surface area contributed by atoms with Crippen molar-refractivity contribution in [3.8, 4) is 0 Å². The van der Waals surface area contributed by atoms with Crippen LogP contribution in [0.1, 0.15) is 143 Å². The normalized spacial score (nSPS) is 21.8. The van der Waals surface area contributed by atoms with Crippen LogP contribution in [0.15, 0.2) is 40.6 Å². The third-order valence-corrected chi connectivity index (χ3v) is 19.5. The van der Waals surface area contributed by atoms with E-state index in [4.69, 9.17) is 80.1 Å². The molecule has 0 amide bonds. The van der Waals surface area contributed by atoms with Gasteiger partial charge in [0, 0.05) is 38.8 Å². The molecule has 4 aliphatic rings. The topological polar surface area (TPSA) is 339 Å². The summed E-state index contributed by atoms with van der Waals surface area (Å²) in [4.78, 5) is 86.8. The minimum absolute atomic E-state index is 0.0200. The number of anilines is 3. The number of aromatic amines is 1. The van der Waals surface area contributed by atoms with E-state index in [0.29, 0.717) is 70.2 Å². The van der Waals surface area contributed by atoms with Gasteiger partial charge in [-0.15, -0.1) is 0 Å². The van der Waals surface area contributed by atoms with Crippen LogP contribution in [0.4, 0.5) is 28.7 Å². The average molecular weight is 1370 g/mol. The molecule has 0 aromatic carbocycles. The quantitative estimate of drug-likeness (QED) is 0.0208. The van der Waals surface area contributed by atoms with Crippen molar-refractivity contribution in [2.45, 2.75) is 187 Å². The van der Waals surface area contributed by atoms with E-state index < -0.39 is 17.9 Å². The maximum absolute atomic E-state index is 13.2. The number of nitrogens with one attached hydrogen (secondary N) is 3. The number of nitro groups is 2. The smallest absolute Gasteiger partial charge is 0.332 e. The van der Waals surface area contributed by atoms with Gasteiger partial charge in [-0.25, -0.2) is 34.5 Å². The highest BCUT2D eigenvalue weighted by atomic mass is 35.5. The number of nitrogens with two attached hydrogens (primary N) is 1. The summed E-state index contributed by atoms with van der Waals surface area (Å²) in [7, 11) is -1.16. The van der Waals surface area contributed by atoms with Crippen molar-refractivity contribution in [2.24, 2.45) is 23.7 Å². The van der Waals surface area contributed by atoms with Gasteiger partial charge in [0.2, 0.25) is 37.4 Å². The largest absolute Gasteiger partial charge is 0.394 e. The standard InChI is InChI=1S/C18H29ClN4O2Si.C12H15ClN4O.C11H15ClN4O2.C11H17ClN4.C4HCl2N3O2/c1-13-7-5-6-8-14(13)23-16-15(11-20-17(19)21-16)22(18(23)24)12-25-9-10-26(2,3)4;1-7-4-2-3-5-9(7)17-10-8(15-12(17)18)6-14-11(13)16-10;1-7-4-2-3-5-8(7)14-10-9(16(17)18)6-13-11(12)15-10;1-7-4-2-3-5-9(7)15-10-8(13)6-14-11(12)16-10;5-3-2(9(10)11)1-7-4(6)8-3/h11,13-14H,5-10,12H2,1-4H3;6-7,9H,2-5H2,1H3,(H,15,18);6-8H,2-5H2,1H3,(H,13,14,15);6-7,9H,2-5,13H2,1H3,(H,14,15,16);1H/t13-,14+;7-,9+;7-,8+;7-,9+;/m1111./s1. The molecule has 0 aliphatic heterocycles. The van der Waals surface area contributed by atoms with E-state index in [9.17, 15) is 29.8 Å². The Labute approximate surface area is 545 Å². The fourth-order valence-electron chi connectivity index (χ4n) is 11.5. The van der Waals surface area contributed by atoms with Crippen LogP contribution in [-0.4, -0.2) is 105 Å². The van der Waals surface area contributed by atoms with Crippen LogP contribution in [0.25, 0.3) is 22.3 Å². The number of imidazole rings is 2. The number of nitrogen functional groups attached to an aromatic ring is 1. The molecule has 0 bridgehead atoms. The molecule has 33 heteroatoms. The number of rotatable bonds is 13. The number of hydrogen-bond acceptors (Lipinski definition) is 20. The molecule has 7 aromatic rings. The van der Waals surface area contributed by atoms with Crippen molar-refractivity contribution in [1.29, 1.82) is 0 Å². The first kappa shape index (κ1) is 70.5. The van der Waals surface area contributed by atoms with E-state index in [1.54, 1.807) is 27.7 Å². The average Bonchev–Trinajstić information content (AvgIpc) is 1.66. The van der Waals surface area contributed by atoms with Crippen molar-refractivity contribution >= 4 is 129 Å². The fourth-order valence-corrected chi connectivity index (χ4v) is 13.2. The number of H-pyrrole nitrogens is 1. The highest BCUT2D eigenvalue weighted by Gasteiger charge is 2.31. The van der Waals surface area contributed by atoms with Crippen LogP contribution < -0.4 is 27.7 Å². The second-order valence-electron chi connectivity index (χ2n) is 24.3. The molecule has 0 unspecified atom stereocenters. The van der Waals surface area contributed by atoms with Crippen molar-refractivity contribution < 1.29 is 14.6 Å². The first-order valence-corrected chi connectivity index (χ1v) is 35.9. The molecule has 4 saturated carbocycles. The molecule has 4 fully saturated rings. The molecule has 7 aromatic heterocycles. The zero-order valence-corrected chi connectivity index (χ0v) is 56.4. The molecular formula is C56H77Cl6N19O7Si. The van der Waals surface area contributed by atoms with Gasteiger partial charge in [0.25, 0.3) is 0 Å². The number of halogens is 6. The SMILES string of the molecule is C[C@@H]1CCCC[C@@H]1Nc1nc(Cl)ncc1N.C[C@@H]1CCCC[C@@H]1Nc1nc(Cl)ncc1[N+](=O)[O-].C[C@@H]1CCCC[C@@H]1n1c(=O)[nH]c2cnc(Cl)nc21.C[C@@H]1CCCC[C@@H]1n1c(=O)n(COCC[Si](C)(C)C)c2cnc(Cl)nc21.O=[N+]([O-])c1cnc(Cl)nc1Cl. The number of fused-ring (bicyclic) bond motifs is 2. The molecule has 4 aliphatic carbocycles. The third kappa shape index (κ3) is 19.8. The maximum atomic E-state index is 13.2. The Hall–Kier alpha value is -5.94. The molecule has 7 heterocycles. The van der Waals surface area contributed by atoms with E-state index in [1.807, 2.05) is 4.57 Å². The molecule has 0 spiro atoms. The Morgan fingerprint density at radius 1 is 0.584 bits per heavy atom. The minimum atomic E-state index is -1.16. The summed E-state index contributed by atoms with van der Waals surface area (Å²) in [6.45, 7) is 16.7. The predicted molar refractivity (Wildman–Crippen MR) is 351 cm³/mol. The van der Waals surface area contributed by atoms with E-state index >= 15 is 0 Å². The molecular weight excluding hydrogens is 1290 g/mol. The lowest BCUT2D eigenvalue weighted by Crippen LogP contribution is -2.32. The lowest BCUT2D eigenvalue weighted by molar-refractivity contribution is -0.385. The summed E-state index contributed by atoms with van der Waals surface area (Å²) < 4.78 is 11.1. The van der Waals surface area contributed by atoms with Crippen LogP contribution in [0, 0.1) is 43.9 Å². The number of ether oxygens (including phenoxy) is 1. The zero-order valence-electron chi connectivity index (χ0n) is 50.9. The fraction of sp³-hybridized carbons (Fsp3) is 0.607. The van der Waals surface area contributed by atoms with E-state index in [-0.39, 0.29) is 85.0 Å². The molecule has 484 valence electrons. The Kier molecular flexibility index (Phi) is 26.0. The summed E-state index contributed by atoms with van der Waals surface area (Å²) in [5.41, 5.74) is 8.31. The van der Waals surface area contributed by atoms with Gasteiger partial charge in [-0.1, -0.05) is 110 Å². The van der Waals surface area contributed by atoms with Crippen molar-refractivity contribution in [2.75, 3.05) is 23.0 Å². The van der Waals surface area contributed by atoms with E-state index in [0.717, 1.165) is 76.2 Å². The van der Waals surface area contributed by atoms with Gasteiger partial charge in [0.05, 0.1) is 34.1 Å². The van der Waals surface area contributed by atoms with Crippen molar-refractivity contribution in [3.05, 3.63) is 104 Å². The zero-order chi connectivity index (χ0) is 64.7. The molecule has 89 heavy (non-hydrogen) atoms. The van der Waals surface area contributed by atoms with E-state index in [2.05, 4.69) is 113 Å². The second kappa shape index (κ2) is 32.9. The molecule has 11 rings (SSSR count). The Morgan fingerprint density at radius 3 is 1.57 bits per heavy atom. The van der Waals surface area contributed by atoms with Gasteiger partial charge in [0.1, 0.15) is 30.2 Å². The first-order chi connectivity index (χ1) is 42.3. The summed E-state index contributed by atoms with van der Waals surface area (Å²) in [5.74, 6) is 2.96. The molecule has 5 N–H and O–H groups in total. The summed E-state index contributed by atoms with van der Waals surface area (Å²) in [6.07, 6.45) is 25.4. The highest BCUT2D eigenvalue weighted by molar-refractivity contribution is 6.76. The van der Waals surface area contributed by atoms with Gasteiger partial charge in [-0.2, -0.15) is 24.9 Å². The van der Waals surface area contributed by atoms with Crippen molar-refractivity contribution in [1.82, 2.24) is 68.5 Å². The summed E-state index contributed by atoms with van der Waals surface area (Å²) >= 11 is 33.9. The molecule has 26 nitrogen and oxygen atoms in total. The van der Waals surface area contributed by atoms with Crippen LogP contribution >= 0.6 is 69.6 Å². The number of nitrogens with zero attached hydrogens (tertiary/aromatic N) is 15. The summed E-state index contributed by atoms with van der Waals surface area (Å²) in [6, 6.07) is 2.10. The number of hydrogen-bond donors (Lipinski definition) is 4. The van der Waals surface area contributed by atoms with Crippen LogP contribution in [0.2, 0.25) is 57.3 Å². The van der Waals surface area contributed by atoms with Crippen LogP contribution in [0.5, 0.6) is 0 Å². The van der Waals surface area contributed by atoms with Crippen LogP contribution in [-0.2, 0) is 11.5 Å². The monoisotopic (exact) mass is 1370 g/mol. The number of aromatic nitrogens is 14. The second-order valence-corrected chi connectivity index (χ2v) is 32.0. The lowest BCUT2D eigenvalue weighted by Gasteiger charge is -2.30. The van der Waals surface area contributed by atoms with Gasteiger partial charge >= 0.3 is 22.8 Å². The highest BCUT2D eigenvalue weighted by Crippen LogP contribution is 2.37. The Morgan fingerprint density at radius 2 is 1.03 bits per heavy atom. The van der Waals surface area contributed by atoms with Crippen LogP contribution in [0.3, 0.4) is 0 Å². The lowest BCUT2D eigenvalue weighted by atomic mass is 9.86. The van der Waals surface area contributed by atoms with Gasteiger partial charge in [-0.3, -0.25) is 33.9 Å². The van der Waals surface area contributed by atoms with Gasteiger partial charge < -0.3 is 26.1 Å². The first-order valence-electron chi connectivity index (χ1n) is 29.9. The maximum Gasteiger partial charge on any atom is 0.332 e. The van der Waals surface area contributed by atoms with Gasteiger partial charge in [-0.05, 0) is 139 Å².